The quantitative estimate of drug-likeness (QED) is 0.613. The third-order valence-corrected chi connectivity index (χ3v) is 3.80. The molecule has 0 radical (unpaired) electrons. The average Bonchev–Trinajstić information content (AvgIpc) is 2.51. The first kappa shape index (κ1) is 18.1. The van der Waals surface area contributed by atoms with Crippen LogP contribution in [0.4, 0.5) is 0 Å². The summed E-state index contributed by atoms with van der Waals surface area (Å²) in [6.07, 6.45) is -1.07. The van der Waals surface area contributed by atoms with E-state index < -0.39 is 10.0 Å². The van der Waals surface area contributed by atoms with E-state index in [0.717, 1.165) is 11.1 Å². The Kier molecular flexibility index (Phi) is 6.31. The van der Waals surface area contributed by atoms with E-state index >= 15 is 0 Å². The van der Waals surface area contributed by atoms with Crippen molar-refractivity contribution in [1.29, 1.82) is 0 Å². The number of carbonyl (C=O) groups excluding carboxylic acids is 1. The molecule has 3 nitrogen and oxygen atoms in total. The van der Waals surface area contributed by atoms with Gasteiger partial charge < -0.3 is 10.1 Å². The number of aryl methyl sites for hydroxylation is 1. The van der Waals surface area contributed by atoms with Gasteiger partial charge in [-0.25, -0.2) is 0 Å². The normalized spacial score (nSPS) is 12.7. The number of alkyl halides is 3. The maximum Gasteiger partial charge on any atom is 0.253 e. The lowest BCUT2D eigenvalue weighted by Gasteiger charge is -2.26. The molecule has 23 heavy (non-hydrogen) atoms. The number of halogens is 3. The molecule has 0 spiro atoms. The molecule has 0 heterocycles. The summed E-state index contributed by atoms with van der Waals surface area (Å²) in [5.41, 5.74) is 2.25. The van der Waals surface area contributed by atoms with Crippen LogP contribution in [0.15, 0.2) is 54.6 Å². The molecule has 1 amide bonds. The molecule has 0 aliphatic heterocycles. The molecule has 1 unspecified atom stereocenters. The molecule has 0 bridgehead atoms. The molecule has 2 aromatic carbocycles. The van der Waals surface area contributed by atoms with Crippen molar-refractivity contribution < 1.29 is 9.53 Å². The summed E-state index contributed by atoms with van der Waals surface area (Å²) >= 11 is 17.8. The summed E-state index contributed by atoms with van der Waals surface area (Å²) in [6, 6.07) is 16.6. The second kappa shape index (κ2) is 8.02. The summed E-state index contributed by atoms with van der Waals surface area (Å²) in [5, 5.41) is 2.63. The first-order valence-electron chi connectivity index (χ1n) is 6.96. The minimum atomic E-state index is -1.78. The van der Waals surface area contributed by atoms with Crippen molar-refractivity contribution in [2.75, 3.05) is 0 Å². The van der Waals surface area contributed by atoms with Gasteiger partial charge in [-0.1, -0.05) is 83.3 Å². The molecule has 122 valence electrons. The van der Waals surface area contributed by atoms with Crippen LogP contribution in [0.25, 0.3) is 0 Å². The standard InChI is InChI=1S/C17H16Cl3NO2/c1-12-7-5-6-10-14(12)15(22)21-16(17(18,19)20)23-11-13-8-3-2-4-9-13/h2-10,16H,11H2,1H3,(H,21,22). The fourth-order valence-electron chi connectivity index (χ4n) is 2.00. The summed E-state index contributed by atoms with van der Waals surface area (Å²) in [7, 11) is 0. The number of carbonyl (C=O) groups is 1. The van der Waals surface area contributed by atoms with Crippen LogP contribution in [-0.4, -0.2) is 15.9 Å². The number of hydrogen-bond donors (Lipinski definition) is 1. The minimum Gasteiger partial charge on any atom is -0.349 e. The summed E-state index contributed by atoms with van der Waals surface area (Å²) in [6.45, 7) is 2.05. The van der Waals surface area contributed by atoms with Crippen LogP contribution >= 0.6 is 34.8 Å². The van der Waals surface area contributed by atoms with Crippen LogP contribution < -0.4 is 5.32 Å². The van der Waals surface area contributed by atoms with E-state index in [4.69, 9.17) is 39.5 Å². The number of hydrogen-bond acceptors (Lipinski definition) is 2. The summed E-state index contributed by atoms with van der Waals surface area (Å²) < 4.78 is 3.81. The summed E-state index contributed by atoms with van der Waals surface area (Å²) in [5.74, 6) is -0.354. The average molecular weight is 373 g/mol. The Morgan fingerprint density at radius 1 is 1.09 bits per heavy atom. The topological polar surface area (TPSA) is 38.3 Å². The van der Waals surface area contributed by atoms with Gasteiger partial charge in [-0.2, -0.15) is 0 Å². The van der Waals surface area contributed by atoms with Crippen molar-refractivity contribution in [2.45, 2.75) is 23.6 Å². The zero-order valence-electron chi connectivity index (χ0n) is 12.4. The molecule has 0 fully saturated rings. The van der Waals surface area contributed by atoms with E-state index in [2.05, 4.69) is 5.32 Å². The molecular formula is C17H16Cl3NO2. The first-order valence-corrected chi connectivity index (χ1v) is 8.10. The van der Waals surface area contributed by atoms with Crippen molar-refractivity contribution >= 4 is 40.7 Å². The van der Waals surface area contributed by atoms with Gasteiger partial charge in [0.15, 0.2) is 6.23 Å². The number of amides is 1. The molecule has 2 rings (SSSR count). The Labute approximate surface area is 150 Å². The van der Waals surface area contributed by atoms with E-state index in [0.29, 0.717) is 5.56 Å². The first-order chi connectivity index (χ1) is 10.9. The van der Waals surface area contributed by atoms with Gasteiger partial charge in [0, 0.05) is 5.56 Å². The molecule has 0 saturated heterocycles. The maximum atomic E-state index is 12.4. The van der Waals surface area contributed by atoms with Gasteiger partial charge in [0.25, 0.3) is 5.91 Å². The highest BCUT2D eigenvalue weighted by Gasteiger charge is 2.35. The Bertz CT molecular complexity index is 656. The molecule has 0 aliphatic rings. The van der Waals surface area contributed by atoms with E-state index in [9.17, 15) is 4.79 Å². The second-order valence-electron chi connectivity index (χ2n) is 5.01. The largest absolute Gasteiger partial charge is 0.349 e. The van der Waals surface area contributed by atoms with Crippen LogP contribution in [0.2, 0.25) is 0 Å². The monoisotopic (exact) mass is 371 g/mol. The Morgan fingerprint density at radius 3 is 2.30 bits per heavy atom. The predicted molar refractivity (Wildman–Crippen MR) is 94.0 cm³/mol. The van der Waals surface area contributed by atoms with Crippen LogP contribution in [0.1, 0.15) is 21.5 Å². The van der Waals surface area contributed by atoms with Crippen molar-refractivity contribution in [3.63, 3.8) is 0 Å². The highest BCUT2D eigenvalue weighted by Crippen LogP contribution is 2.31. The summed E-state index contributed by atoms with van der Waals surface area (Å²) in [4.78, 5) is 12.4. The molecule has 0 saturated carbocycles. The van der Waals surface area contributed by atoms with Crippen LogP contribution in [0.5, 0.6) is 0 Å². The zero-order valence-corrected chi connectivity index (χ0v) is 14.7. The van der Waals surface area contributed by atoms with Crippen LogP contribution in [0, 0.1) is 6.92 Å². The molecule has 0 aliphatic carbocycles. The van der Waals surface area contributed by atoms with Crippen molar-refractivity contribution in [3.8, 4) is 0 Å². The van der Waals surface area contributed by atoms with Crippen molar-refractivity contribution in [1.82, 2.24) is 5.32 Å². The van der Waals surface area contributed by atoms with Gasteiger partial charge in [-0.3, -0.25) is 4.79 Å². The fraction of sp³-hybridized carbons (Fsp3) is 0.235. The smallest absolute Gasteiger partial charge is 0.253 e. The van der Waals surface area contributed by atoms with Crippen LogP contribution in [-0.2, 0) is 11.3 Å². The molecule has 1 N–H and O–H groups in total. The molecule has 2 aromatic rings. The van der Waals surface area contributed by atoms with Gasteiger partial charge in [-0.15, -0.1) is 0 Å². The Balaban J connectivity index is 2.07. The van der Waals surface area contributed by atoms with Crippen LogP contribution in [0.3, 0.4) is 0 Å². The molecule has 0 aromatic heterocycles. The van der Waals surface area contributed by atoms with Gasteiger partial charge in [0.05, 0.1) is 6.61 Å². The number of rotatable bonds is 5. The van der Waals surface area contributed by atoms with Crippen molar-refractivity contribution in [2.24, 2.45) is 0 Å². The maximum absolute atomic E-state index is 12.4. The number of nitrogens with one attached hydrogen (secondary N) is 1. The molecule has 6 heteroatoms. The van der Waals surface area contributed by atoms with Gasteiger partial charge >= 0.3 is 0 Å². The highest BCUT2D eigenvalue weighted by atomic mass is 35.6. The Morgan fingerprint density at radius 2 is 1.70 bits per heavy atom. The second-order valence-corrected chi connectivity index (χ2v) is 7.38. The lowest BCUT2D eigenvalue weighted by atomic mass is 10.1. The van der Waals surface area contributed by atoms with Crippen molar-refractivity contribution in [3.05, 3.63) is 71.3 Å². The zero-order chi connectivity index (χ0) is 16.9. The SMILES string of the molecule is Cc1ccccc1C(=O)NC(OCc1ccccc1)C(Cl)(Cl)Cl. The predicted octanol–water partition coefficient (Wildman–Crippen LogP) is 4.64. The number of benzene rings is 2. The van der Waals surface area contributed by atoms with E-state index in [1.54, 1.807) is 12.1 Å². The van der Waals surface area contributed by atoms with E-state index in [1.165, 1.54) is 0 Å². The number of ether oxygens (including phenoxy) is 1. The molecule has 1 atom stereocenters. The Hall–Kier alpha value is -1.26. The van der Waals surface area contributed by atoms with Gasteiger partial charge in [-0.05, 0) is 24.1 Å². The minimum absolute atomic E-state index is 0.216. The lowest BCUT2D eigenvalue weighted by Crippen LogP contribution is -2.45. The highest BCUT2D eigenvalue weighted by molar-refractivity contribution is 6.68. The third-order valence-electron chi connectivity index (χ3n) is 3.21. The van der Waals surface area contributed by atoms with Gasteiger partial charge in [0.1, 0.15) is 0 Å². The lowest BCUT2D eigenvalue weighted by molar-refractivity contribution is 0.0198. The molecular weight excluding hydrogens is 357 g/mol. The third kappa shape index (κ3) is 5.40. The van der Waals surface area contributed by atoms with E-state index in [1.807, 2.05) is 49.4 Å². The van der Waals surface area contributed by atoms with Gasteiger partial charge in [0.2, 0.25) is 3.79 Å². The fourth-order valence-corrected chi connectivity index (χ4v) is 2.35. The van der Waals surface area contributed by atoms with E-state index in [-0.39, 0.29) is 12.5 Å².